The number of aromatic nitrogens is 3. The van der Waals surface area contributed by atoms with Gasteiger partial charge in [-0.15, -0.1) is 0 Å². The number of benzene rings is 3. The molecule has 0 atom stereocenters. The highest BCUT2D eigenvalue weighted by Crippen LogP contribution is 2.39. The molecule has 3 aromatic carbocycles. The predicted molar refractivity (Wildman–Crippen MR) is 142 cm³/mol. The summed E-state index contributed by atoms with van der Waals surface area (Å²) >= 11 is 0. The Labute approximate surface area is 213 Å². The van der Waals surface area contributed by atoms with Crippen LogP contribution in [0.25, 0.3) is 33.1 Å². The maximum absolute atomic E-state index is 13.3. The number of amides is 1. The van der Waals surface area contributed by atoms with Gasteiger partial charge in [0.2, 0.25) is 5.91 Å². The highest BCUT2D eigenvalue weighted by Gasteiger charge is 2.43. The van der Waals surface area contributed by atoms with E-state index in [2.05, 4.69) is 16.7 Å². The minimum atomic E-state index is -0.508. The van der Waals surface area contributed by atoms with Gasteiger partial charge in [-0.2, -0.15) is 0 Å². The number of carbonyl (C=O) groups excluding carboxylic acids is 2. The number of nitrogens with zero attached hydrogens (tertiary/aromatic N) is 4. The van der Waals surface area contributed by atoms with Gasteiger partial charge in [0.05, 0.1) is 28.5 Å². The lowest BCUT2D eigenvalue weighted by Gasteiger charge is -2.44. The van der Waals surface area contributed by atoms with Crippen LogP contribution in [0.4, 0.5) is 0 Å². The molecule has 1 spiro atoms. The first-order chi connectivity index (χ1) is 18.1. The molecule has 2 aromatic heterocycles. The first-order valence-corrected chi connectivity index (χ1v) is 12.8. The first-order valence-electron chi connectivity index (χ1n) is 12.8. The van der Waals surface area contributed by atoms with Crippen molar-refractivity contribution in [1.29, 1.82) is 0 Å². The van der Waals surface area contributed by atoms with Crippen molar-refractivity contribution in [3.63, 3.8) is 0 Å². The molecule has 1 saturated heterocycles. The van der Waals surface area contributed by atoms with Crippen molar-refractivity contribution in [3.8, 4) is 5.75 Å². The molecular weight excluding hydrogens is 464 g/mol. The molecule has 2 aliphatic heterocycles. The Bertz CT molecular complexity index is 1700. The van der Waals surface area contributed by atoms with Gasteiger partial charge in [0, 0.05) is 44.3 Å². The van der Waals surface area contributed by atoms with Crippen LogP contribution in [0.3, 0.4) is 0 Å². The molecule has 5 aromatic rings. The summed E-state index contributed by atoms with van der Waals surface area (Å²) in [6.07, 6.45) is 2.06. The maximum atomic E-state index is 13.3. The average molecular weight is 491 g/mol. The topological polar surface area (TPSA) is 77.3 Å². The molecule has 4 heterocycles. The molecule has 1 fully saturated rings. The monoisotopic (exact) mass is 490 g/mol. The fourth-order valence-electron chi connectivity index (χ4n) is 5.86. The number of aryl methyl sites for hydroxylation is 1. The fraction of sp³-hybridized carbons (Fsp3) is 0.267. The van der Waals surface area contributed by atoms with Gasteiger partial charge in [0.25, 0.3) is 0 Å². The zero-order valence-electron chi connectivity index (χ0n) is 20.4. The molecule has 2 aliphatic rings. The minimum absolute atomic E-state index is 0.108. The lowest BCUT2D eigenvalue weighted by Crippen LogP contribution is -2.52. The van der Waals surface area contributed by atoms with E-state index >= 15 is 0 Å². The van der Waals surface area contributed by atoms with Gasteiger partial charge >= 0.3 is 0 Å². The standard InChI is InChI=1S/C30H26N4O3/c35-25-19-30(37-26-12-6-2-8-21(25)26)14-17-33(18-15-30)27(36)13-16-34-24-11-5-1-7-20(24)28-29(34)32-23-10-4-3-9-22(23)31-28/h1-12H,13-19H2. The van der Waals surface area contributed by atoms with Gasteiger partial charge in [0.1, 0.15) is 16.9 Å². The van der Waals surface area contributed by atoms with E-state index in [1.54, 1.807) is 0 Å². The zero-order valence-corrected chi connectivity index (χ0v) is 20.4. The van der Waals surface area contributed by atoms with Crippen molar-refractivity contribution in [2.24, 2.45) is 0 Å². The Hall–Kier alpha value is -4.26. The van der Waals surface area contributed by atoms with Gasteiger partial charge in [0.15, 0.2) is 11.4 Å². The van der Waals surface area contributed by atoms with E-state index in [0.29, 0.717) is 56.6 Å². The third-order valence-electron chi connectivity index (χ3n) is 7.83. The Morgan fingerprint density at radius 3 is 2.43 bits per heavy atom. The number of ketones is 1. The van der Waals surface area contributed by atoms with Crippen LogP contribution in [0.2, 0.25) is 0 Å². The van der Waals surface area contributed by atoms with Gasteiger partial charge < -0.3 is 14.2 Å². The van der Waals surface area contributed by atoms with Crippen molar-refractivity contribution in [1.82, 2.24) is 19.4 Å². The van der Waals surface area contributed by atoms with Crippen molar-refractivity contribution in [3.05, 3.63) is 78.4 Å². The normalized spacial score (nSPS) is 16.9. The first kappa shape index (κ1) is 22.0. The number of hydrogen-bond acceptors (Lipinski definition) is 5. The second-order valence-electron chi connectivity index (χ2n) is 10.1. The minimum Gasteiger partial charge on any atom is -0.486 e. The van der Waals surface area contributed by atoms with E-state index in [4.69, 9.17) is 14.7 Å². The molecule has 7 heteroatoms. The van der Waals surface area contributed by atoms with Crippen LogP contribution in [0.5, 0.6) is 5.75 Å². The highest BCUT2D eigenvalue weighted by atomic mass is 16.5. The highest BCUT2D eigenvalue weighted by molar-refractivity contribution is 6.06. The van der Waals surface area contributed by atoms with Crippen LogP contribution in [-0.2, 0) is 11.3 Å². The van der Waals surface area contributed by atoms with E-state index in [1.807, 2.05) is 65.6 Å². The Morgan fingerprint density at radius 1 is 0.892 bits per heavy atom. The molecule has 184 valence electrons. The van der Waals surface area contributed by atoms with E-state index in [1.165, 1.54) is 0 Å². The fourth-order valence-corrected chi connectivity index (χ4v) is 5.86. The number of piperidine rings is 1. The molecule has 7 rings (SSSR count). The number of para-hydroxylation sites is 4. The molecule has 0 radical (unpaired) electrons. The summed E-state index contributed by atoms with van der Waals surface area (Å²) in [5.74, 6) is 0.900. The van der Waals surface area contributed by atoms with Crippen LogP contribution in [-0.4, -0.2) is 49.8 Å². The van der Waals surface area contributed by atoms with E-state index in [-0.39, 0.29) is 11.7 Å². The second kappa shape index (κ2) is 8.40. The molecule has 0 saturated carbocycles. The largest absolute Gasteiger partial charge is 0.486 e. The Morgan fingerprint density at radius 2 is 1.59 bits per heavy atom. The lowest BCUT2D eigenvalue weighted by atomic mass is 9.82. The Balaban J connectivity index is 1.10. The summed E-state index contributed by atoms with van der Waals surface area (Å²) in [4.78, 5) is 37.7. The third-order valence-corrected chi connectivity index (χ3v) is 7.83. The molecule has 0 bridgehead atoms. The van der Waals surface area contributed by atoms with E-state index < -0.39 is 5.60 Å². The number of hydrogen-bond donors (Lipinski definition) is 0. The van der Waals surface area contributed by atoms with Crippen molar-refractivity contribution < 1.29 is 14.3 Å². The molecule has 37 heavy (non-hydrogen) atoms. The number of likely N-dealkylation sites (tertiary alicyclic amines) is 1. The SMILES string of the molecule is O=C1CC2(CCN(C(=O)CCn3c4ccccc4c4nc5ccccc5nc43)CC2)Oc2ccccc21. The molecule has 1 amide bonds. The number of fused-ring (bicyclic) bond motifs is 5. The molecule has 0 aliphatic carbocycles. The van der Waals surface area contributed by atoms with Gasteiger partial charge in [-0.1, -0.05) is 42.5 Å². The van der Waals surface area contributed by atoms with E-state index in [9.17, 15) is 9.59 Å². The average Bonchev–Trinajstić information content (AvgIpc) is 3.23. The molecular formula is C30H26N4O3. The third kappa shape index (κ3) is 3.65. The number of rotatable bonds is 3. The quantitative estimate of drug-likeness (QED) is 0.349. The molecule has 7 nitrogen and oxygen atoms in total. The van der Waals surface area contributed by atoms with Gasteiger partial charge in [-0.3, -0.25) is 9.59 Å². The zero-order chi connectivity index (χ0) is 25.0. The van der Waals surface area contributed by atoms with Gasteiger partial charge in [-0.25, -0.2) is 9.97 Å². The van der Waals surface area contributed by atoms with Crippen LogP contribution in [0.1, 0.15) is 36.0 Å². The summed E-state index contributed by atoms with van der Waals surface area (Å²) in [6, 6.07) is 23.5. The van der Waals surface area contributed by atoms with Crippen LogP contribution >= 0.6 is 0 Å². The van der Waals surface area contributed by atoms with E-state index in [0.717, 1.165) is 33.1 Å². The summed E-state index contributed by atoms with van der Waals surface area (Å²) in [6.45, 7) is 1.71. The van der Waals surface area contributed by atoms with Crippen molar-refractivity contribution in [2.75, 3.05) is 13.1 Å². The van der Waals surface area contributed by atoms with Crippen LogP contribution in [0.15, 0.2) is 72.8 Å². The number of Topliss-reactive ketones (excluding diaryl/α,β-unsaturated/α-hetero) is 1. The number of ether oxygens (including phenoxy) is 1. The summed E-state index contributed by atoms with van der Waals surface area (Å²) < 4.78 is 8.45. The summed E-state index contributed by atoms with van der Waals surface area (Å²) in [5, 5.41) is 1.04. The molecule has 0 N–H and O–H groups in total. The maximum Gasteiger partial charge on any atom is 0.224 e. The molecule has 0 unspecified atom stereocenters. The smallest absolute Gasteiger partial charge is 0.224 e. The summed E-state index contributed by atoms with van der Waals surface area (Å²) in [7, 11) is 0. The predicted octanol–water partition coefficient (Wildman–Crippen LogP) is 5.15. The summed E-state index contributed by atoms with van der Waals surface area (Å²) in [5.41, 5.74) is 4.56. The van der Waals surface area contributed by atoms with Crippen LogP contribution < -0.4 is 4.74 Å². The van der Waals surface area contributed by atoms with Gasteiger partial charge in [-0.05, 0) is 30.3 Å². The van der Waals surface area contributed by atoms with Crippen LogP contribution in [0, 0.1) is 0 Å². The Kier molecular flexibility index (Phi) is 4.99. The van der Waals surface area contributed by atoms with Crippen molar-refractivity contribution >= 4 is 44.8 Å². The van der Waals surface area contributed by atoms with Crippen molar-refractivity contribution in [2.45, 2.75) is 37.8 Å². The number of carbonyl (C=O) groups is 2. The lowest BCUT2D eigenvalue weighted by molar-refractivity contribution is -0.135. The second-order valence-corrected chi connectivity index (χ2v) is 10.1.